The zero-order chi connectivity index (χ0) is 24.4. The summed E-state index contributed by atoms with van der Waals surface area (Å²) in [6, 6.07) is 0. The average Bonchev–Trinajstić information content (AvgIpc) is 3.04. The Kier molecular flexibility index (Phi) is 10.9. The number of esters is 1. The standard InChI is InChI=1S/C30H46O3/c1-22(11-7-12-23(2)15-9-17-26-21-28(31)33-29(26)32)13-8-14-24(3)18-19-27-25(4)16-10-20-30(27,5)6/h11,14-15,21,29,32H,7-10,12-13,16-20H2,1-6H3/b22-11+,23-15+,24-14+/t29-/m0/s1. The van der Waals surface area contributed by atoms with Crippen LogP contribution in [-0.2, 0) is 9.53 Å². The van der Waals surface area contributed by atoms with Gasteiger partial charge in [-0.05, 0) is 104 Å². The maximum atomic E-state index is 11.1. The van der Waals surface area contributed by atoms with Crippen molar-refractivity contribution >= 4 is 5.97 Å². The van der Waals surface area contributed by atoms with Gasteiger partial charge in [0.15, 0.2) is 0 Å². The zero-order valence-corrected chi connectivity index (χ0v) is 21.9. The molecule has 0 aromatic rings. The molecule has 0 saturated carbocycles. The van der Waals surface area contributed by atoms with E-state index in [2.05, 4.69) is 59.8 Å². The van der Waals surface area contributed by atoms with Gasteiger partial charge in [0.1, 0.15) is 0 Å². The minimum Gasteiger partial charge on any atom is -0.429 e. The van der Waals surface area contributed by atoms with Gasteiger partial charge in [0.05, 0.1) is 0 Å². The summed E-state index contributed by atoms with van der Waals surface area (Å²) in [6.07, 6.45) is 19.6. The molecule has 1 heterocycles. The second-order valence-corrected chi connectivity index (χ2v) is 10.8. The minimum atomic E-state index is -1.05. The van der Waals surface area contributed by atoms with Crippen LogP contribution in [0, 0.1) is 5.41 Å². The molecule has 0 radical (unpaired) electrons. The Labute approximate surface area is 202 Å². The number of aliphatic hydroxyl groups is 1. The Morgan fingerprint density at radius 1 is 1.00 bits per heavy atom. The van der Waals surface area contributed by atoms with Gasteiger partial charge in [0.2, 0.25) is 6.29 Å². The molecule has 0 spiro atoms. The topological polar surface area (TPSA) is 46.5 Å². The molecule has 1 N–H and O–H groups in total. The van der Waals surface area contributed by atoms with Gasteiger partial charge in [-0.2, -0.15) is 0 Å². The summed E-state index contributed by atoms with van der Waals surface area (Å²) in [4.78, 5) is 11.1. The molecule has 1 aliphatic heterocycles. The van der Waals surface area contributed by atoms with Crippen molar-refractivity contribution in [1.82, 2.24) is 0 Å². The summed E-state index contributed by atoms with van der Waals surface area (Å²) >= 11 is 0. The lowest BCUT2D eigenvalue weighted by molar-refractivity contribution is -0.151. The van der Waals surface area contributed by atoms with E-state index in [0.717, 1.165) is 32.1 Å². The lowest BCUT2D eigenvalue weighted by atomic mass is 9.71. The van der Waals surface area contributed by atoms with E-state index in [4.69, 9.17) is 4.74 Å². The first-order valence-electron chi connectivity index (χ1n) is 12.8. The van der Waals surface area contributed by atoms with Crippen molar-refractivity contribution in [2.24, 2.45) is 5.41 Å². The molecule has 1 aliphatic carbocycles. The molecule has 0 unspecified atom stereocenters. The number of ether oxygens (including phenoxy) is 1. The number of carbonyl (C=O) groups is 1. The van der Waals surface area contributed by atoms with Crippen LogP contribution in [0.25, 0.3) is 0 Å². The molecule has 0 fully saturated rings. The number of rotatable bonds is 12. The molecule has 3 nitrogen and oxygen atoms in total. The molecular formula is C30H46O3. The second-order valence-electron chi connectivity index (χ2n) is 10.8. The zero-order valence-electron chi connectivity index (χ0n) is 21.9. The first-order chi connectivity index (χ1) is 15.6. The maximum absolute atomic E-state index is 11.1. The van der Waals surface area contributed by atoms with Gasteiger partial charge in [-0.25, -0.2) is 4.79 Å². The number of hydrogen-bond acceptors (Lipinski definition) is 3. The Morgan fingerprint density at radius 3 is 2.12 bits per heavy atom. The molecule has 1 atom stereocenters. The minimum absolute atomic E-state index is 0.386. The molecule has 3 heteroatoms. The van der Waals surface area contributed by atoms with E-state index < -0.39 is 12.3 Å². The Bertz CT molecular complexity index is 833. The van der Waals surface area contributed by atoms with E-state index in [9.17, 15) is 9.90 Å². The van der Waals surface area contributed by atoms with Crippen LogP contribution in [0.1, 0.15) is 112 Å². The number of carbonyl (C=O) groups excluding carboxylic acids is 1. The Morgan fingerprint density at radius 2 is 1.58 bits per heavy atom. The van der Waals surface area contributed by atoms with E-state index in [1.54, 1.807) is 11.1 Å². The van der Waals surface area contributed by atoms with E-state index in [1.807, 2.05) is 0 Å². The summed E-state index contributed by atoms with van der Waals surface area (Å²) in [5.41, 5.74) is 8.75. The molecular weight excluding hydrogens is 408 g/mol. The van der Waals surface area contributed by atoms with Crippen LogP contribution in [0.4, 0.5) is 0 Å². The van der Waals surface area contributed by atoms with Crippen LogP contribution in [0.3, 0.4) is 0 Å². The van der Waals surface area contributed by atoms with Crippen molar-refractivity contribution < 1.29 is 14.6 Å². The summed E-state index contributed by atoms with van der Waals surface area (Å²) < 4.78 is 4.71. The van der Waals surface area contributed by atoms with Crippen molar-refractivity contribution in [3.05, 3.63) is 57.7 Å². The fourth-order valence-electron chi connectivity index (χ4n) is 5.07. The average molecular weight is 455 g/mol. The highest BCUT2D eigenvalue weighted by molar-refractivity contribution is 5.85. The van der Waals surface area contributed by atoms with Gasteiger partial charge in [0, 0.05) is 11.6 Å². The molecule has 33 heavy (non-hydrogen) atoms. The summed E-state index contributed by atoms with van der Waals surface area (Å²) in [6.45, 7) is 13.9. The van der Waals surface area contributed by atoms with Crippen molar-refractivity contribution in [3.8, 4) is 0 Å². The third kappa shape index (κ3) is 9.49. The summed E-state index contributed by atoms with van der Waals surface area (Å²) in [5.74, 6) is -0.440. The lowest BCUT2D eigenvalue weighted by Gasteiger charge is -2.35. The fourth-order valence-corrected chi connectivity index (χ4v) is 5.07. The monoisotopic (exact) mass is 454 g/mol. The highest BCUT2D eigenvalue weighted by atomic mass is 16.6. The Hall–Kier alpha value is -1.87. The molecule has 184 valence electrons. The number of hydrogen-bond donors (Lipinski definition) is 1. The third-order valence-electron chi connectivity index (χ3n) is 7.29. The molecule has 0 aromatic heterocycles. The van der Waals surface area contributed by atoms with Crippen LogP contribution >= 0.6 is 0 Å². The van der Waals surface area contributed by atoms with E-state index in [1.165, 1.54) is 54.9 Å². The van der Waals surface area contributed by atoms with Crippen molar-refractivity contribution in [3.63, 3.8) is 0 Å². The van der Waals surface area contributed by atoms with Crippen LogP contribution in [0.15, 0.2) is 57.7 Å². The smallest absolute Gasteiger partial charge is 0.333 e. The Balaban J connectivity index is 1.66. The van der Waals surface area contributed by atoms with Gasteiger partial charge in [-0.3, -0.25) is 0 Å². The summed E-state index contributed by atoms with van der Waals surface area (Å²) in [5, 5.41) is 9.61. The quantitative estimate of drug-likeness (QED) is 0.238. The third-order valence-corrected chi connectivity index (χ3v) is 7.29. The fraction of sp³-hybridized carbons (Fsp3) is 0.633. The number of aliphatic hydroxyl groups excluding tert-OH is 1. The molecule has 0 saturated heterocycles. The molecule has 0 aromatic carbocycles. The van der Waals surface area contributed by atoms with Crippen molar-refractivity contribution in [2.45, 2.75) is 118 Å². The highest BCUT2D eigenvalue weighted by Crippen LogP contribution is 2.42. The van der Waals surface area contributed by atoms with E-state index in [-0.39, 0.29) is 0 Å². The van der Waals surface area contributed by atoms with Gasteiger partial charge in [0.25, 0.3) is 0 Å². The highest BCUT2D eigenvalue weighted by Gasteiger charge is 2.27. The maximum Gasteiger partial charge on any atom is 0.333 e. The summed E-state index contributed by atoms with van der Waals surface area (Å²) in [7, 11) is 0. The van der Waals surface area contributed by atoms with E-state index in [0.29, 0.717) is 17.4 Å². The van der Waals surface area contributed by atoms with E-state index >= 15 is 0 Å². The van der Waals surface area contributed by atoms with Gasteiger partial charge in [-0.1, -0.05) is 59.9 Å². The van der Waals surface area contributed by atoms with Crippen LogP contribution in [-0.4, -0.2) is 17.4 Å². The largest absolute Gasteiger partial charge is 0.429 e. The predicted octanol–water partition coefficient (Wildman–Crippen LogP) is 8.27. The predicted molar refractivity (Wildman–Crippen MR) is 139 cm³/mol. The first-order valence-corrected chi connectivity index (χ1v) is 12.8. The van der Waals surface area contributed by atoms with Crippen molar-refractivity contribution in [1.29, 1.82) is 0 Å². The van der Waals surface area contributed by atoms with Gasteiger partial charge < -0.3 is 9.84 Å². The number of cyclic esters (lactones) is 1. The van der Waals surface area contributed by atoms with Gasteiger partial charge >= 0.3 is 5.97 Å². The molecule has 0 bridgehead atoms. The van der Waals surface area contributed by atoms with Crippen molar-refractivity contribution in [2.75, 3.05) is 0 Å². The second kappa shape index (κ2) is 13.1. The van der Waals surface area contributed by atoms with Crippen LogP contribution < -0.4 is 0 Å². The normalized spacial score (nSPS) is 22.0. The van der Waals surface area contributed by atoms with Gasteiger partial charge in [-0.15, -0.1) is 0 Å². The number of allylic oxidation sites excluding steroid dienone is 8. The van der Waals surface area contributed by atoms with Crippen LogP contribution in [0.2, 0.25) is 0 Å². The molecule has 2 rings (SSSR count). The SMILES string of the molecule is CC1=C(CC/C(C)=C/CC/C(C)=C/CC/C(C)=C/CCC2=CC(=O)O[C@@H]2O)C(C)(C)CCC1. The first kappa shape index (κ1) is 27.4. The molecule has 0 amide bonds. The molecule has 2 aliphatic rings. The van der Waals surface area contributed by atoms with Crippen LogP contribution in [0.5, 0.6) is 0 Å². The lowest BCUT2D eigenvalue weighted by Crippen LogP contribution is -2.20.